The third-order valence-corrected chi connectivity index (χ3v) is 4.64. The van der Waals surface area contributed by atoms with Gasteiger partial charge >= 0.3 is 0 Å². The molecule has 102 valence electrons. The summed E-state index contributed by atoms with van der Waals surface area (Å²) < 4.78 is 1.64. The van der Waals surface area contributed by atoms with Crippen molar-refractivity contribution in [2.45, 2.75) is 29.8 Å². The molecule has 1 aromatic heterocycles. The quantitative estimate of drug-likeness (QED) is 0.858. The molecule has 7 heteroatoms. The molecule has 0 saturated heterocycles. The molecule has 0 aliphatic heterocycles. The molecule has 2 atom stereocenters. The van der Waals surface area contributed by atoms with Crippen LogP contribution in [-0.2, 0) is 7.05 Å². The first-order valence-corrected chi connectivity index (χ1v) is 7.28. The molecule has 0 amide bonds. The predicted octanol–water partition coefficient (Wildman–Crippen LogP) is 2.43. The van der Waals surface area contributed by atoms with E-state index in [1.807, 2.05) is 31.3 Å². The van der Waals surface area contributed by atoms with E-state index in [1.54, 1.807) is 4.68 Å². The average Bonchev–Trinajstić information content (AvgIpc) is 2.81. The number of halogens is 1. The molecule has 0 aliphatic rings. The van der Waals surface area contributed by atoms with Gasteiger partial charge in [0.1, 0.15) is 0 Å². The summed E-state index contributed by atoms with van der Waals surface area (Å²) in [6.07, 6.45) is 0.855. The van der Waals surface area contributed by atoms with Crippen molar-refractivity contribution in [2.24, 2.45) is 12.8 Å². The Morgan fingerprint density at radius 2 is 2.16 bits per heavy atom. The number of nitrogens with two attached hydrogens (primary N) is 1. The van der Waals surface area contributed by atoms with Crippen LogP contribution in [0.25, 0.3) is 0 Å². The zero-order valence-electron chi connectivity index (χ0n) is 10.8. The minimum atomic E-state index is -0.0124. The number of tetrazole rings is 1. The van der Waals surface area contributed by atoms with E-state index >= 15 is 0 Å². The molecule has 0 fully saturated rings. The van der Waals surface area contributed by atoms with Crippen LogP contribution >= 0.6 is 23.4 Å². The van der Waals surface area contributed by atoms with Gasteiger partial charge in [-0.15, -0.1) is 5.10 Å². The van der Waals surface area contributed by atoms with Crippen molar-refractivity contribution in [3.05, 3.63) is 34.9 Å². The van der Waals surface area contributed by atoms with Gasteiger partial charge in [-0.2, -0.15) is 0 Å². The van der Waals surface area contributed by atoms with E-state index in [4.69, 9.17) is 17.3 Å². The van der Waals surface area contributed by atoms with E-state index in [0.717, 1.165) is 22.2 Å². The highest BCUT2D eigenvalue weighted by Gasteiger charge is 2.24. The van der Waals surface area contributed by atoms with Gasteiger partial charge in [0.05, 0.1) is 5.25 Å². The van der Waals surface area contributed by atoms with Crippen molar-refractivity contribution in [2.75, 3.05) is 0 Å². The molecule has 19 heavy (non-hydrogen) atoms. The van der Waals surface area contributed by atoms with Gasteiger partial charge < -0.3 is 5.73 Å². The SMILES string of the molecule is CCC(N)C(Sc1nnnn1C)c1ccccc1Cl. The maximum atomic E-state index is 6.27. The number of hydrogen-bond acceptors (Lipinski definition) is 5. The second kappa shape index (κ2) is 6.36. The van der Waals surface area contributed by atoms with Gasteiger partial charge in [0, 0.05) is 18.1 Å². The number of nitrogens with zero attached hydrogens (tertiary/aromatic N) is 4. The van der Waals surface area contributed by atoms with Gasteiger partial charge in [-0.05, 0) is 28.5 Å². The third-order valence-electron chi connectivity index (χ3n) is 2.89. The Hall–Kier alpha value is -1.11. The summed E-state index contributed by atoms with van der Waals surface area (Å²) in [4.78, 5) is 0. The van der Waals surface area contributed by atoms with Gasteiger partial charge in [-0.3, -0.25) is 0 Å². The van der Waals surface area contributed by atoms with E-state index in [2.05, 4.69) is 22.4 Å². The Balaban J connectivity index is 2.32. The van der Waals surface area contributed by atoms with Crippen molar-refractivity contribution in [3.63, 3.8) is 0 Å². The fourth-order valence-corrected chi connectivity index (χ4v) is 3.25. The van der Waals surface area contributed by atoms with E-state index in [-0.39, 0.29) is 11.3 Å². The van der Waals surface area contributed by atoms with Crippen LogP contribution < -0.4 is 5.73 Å². The van der Waals surface area contributed by atoms with Gasteiger partial charge in [0.25, 0.3) is 0 Å². The first-order chi connectivity index (χ1) is 9.13. The van der Waals surface area contributed by atoms with E-state index in [9.17, 15) is 0 Å². The monoisotopic (exact) mass is 297 g/mol. The van der Waals surface area contributed by atoms with Crippen LogP contribution in [0.2, 0.25) is 5.02 Å². The lowest BCUT2D eigenvalue weighted by Gasteiger charge is -2.22. The Morgan fingerprint density at radius 1 is 1.42 bits per heavy atom. The van der Waals surface area contributed by atoms with Crippen molar-refractivity contribution >= 4 is 23.4 Å². The molecule has 0 aliphatic carbocycles. The summed E-state index contributed by atoms with van der Waals surface area (Å²) in [6.45, 7) is 2.06. The highest BCUT2D eigenvalue weighted by Crippen LogP contribution is 2.39. The molecule has 0 saturated carbocycles. The molecule has 0 radical (unpaired) electrons. The topological polar surface area (TPSA) is 69.6 Å². The molecular formula is C12H16ClN5S. The minimum Gasteiger partial charge on any atom is -0.326 e. The number of hydrogen-bond donors (Lipinski definition) is 1. The number of rotatable bonds is 5. The fourth-order valence-electron chi connectivity index (χ4n) is 1.74. The predicted molar refractivity (Wildman–Crippen MR) is 77.1 cm³/mol. The Kier molecular flexibility index (Phi) is 4.79. The highest BCUT2D eigenvalue weighted by atomic mass is 35.5. The average molecular weight is 298 g/mol. The molecular weight excluding hydrogens is 282 g/mol. The number of aryl methyl sites for hydroxylation is 1. The van der Waals surface area contributed by atoms with Crippen molar-refractivity contribution in [1.82, 2.24) is 20.2 Å². The van der Waals surface area contributed by atoms with Crippen molar-refractivity contribution < 1.29 is 0 Å². The Bertz CT molecular complexity index is 544. The smallest absolute Gasteiger partial charge is 0.209 e. The van der Waals surface area contributed by atoms with E-state index in [1.165, 1.54) is 11.8 Å². The second-order valence-corrected chi connectivity index (χ2v) is 5.73. The third kappa shape index (κ3) is 3.26. The van der Waals surface area contributed by atoms with Crippen molar-refractivity contribution in [1.29, 1.82) is 0 Å². The lowest BCUT2D eigenvalue weighted by Crippen LogP contribution is -2.26. The van der Waals surface area contributed by atoms with Gasteiger partial charge in [-0.1, -0.05) is 48.5 Å². The Labute approximate surface area is 121 Å². The molecule has 1 aromatic carbocycles. The molecule has 2 N–H and O–H groups in total. The zero-order chi connectivity index (χ0) is 13.8. The first-order valence-electron chi connectivity index (χ1n) is 6.02. The number of thioether (sulfide) groups is 1. The molecule has 5 nitrogen and oxygen atoms in total. The summed E-state index contributed by atoms with van der Waals surface area (Å²) in [5.74, 6) is 0. The zero-order valence-corrected chi connectivity index (χ0v) is 12.4. The second-order valence-electron chi connectivity index (χ2n) is 4.22. The van der Waals surface area contributed by atoms with Crippen LogP contribution in [0.5, 0.6) is 0 Å². The normalized spacial score (nSPS) is 14.3. The summed E-state index contributed by atoms with van der Waals surface area (Å²) in [5.41, 5.74) is 7.25. The fraction of sp³-hybridized carbons (Fsp3) is 0.417. The highest BCUT2D eigenvalue weighted by molar-refractivity contribution is 7.99. The van der Waals surface area contributed by atoms with Crippen LogP contribution in [0.3, 0.4) is 0 Å². The van der Waals surface area contributed by atoms with Crippen LogP contribution in [0.1, 0.15) is 24.2 Å². The van der Waals surface area contributed by atoms with Gasteiger partial charge in [0.15, 0.2) is 0 Å². The molecule has 0 spiro atoms. The maximum absolute atomic E-state index is 6.27. The van der Waals surface area contributed by atoms with Crippen molar-refractivity contribution in [3.8, 4) is 0 Å². The van der Waals surface area contributed by atoms with E-state index in [0.29, 0.717) is 0 Å². The van der Waals surface area contributed by atoms with Crippen LogP contribution in [0.4, 0.5) is 0 Å². The molecule has 2 rings (SSSR count). The first kappa shape index (κ1) is 14.3. The standard InChI is InChI=1S/C12H16ClN5S/c1-3-10(14)11(8-6-4-5-7-9(8)13)19-12-15-16-17-18(12)2/h4-7,10-11H,3,14H2,1-2H3. The lowest BCUT2D eigenvalue weighted by molar-refractivity contribution is 0.624. The summed E-state index contributed by atoms with van der Waals surface area (Å²) in [5, 5.41) is 13.0. The molecule has 0 bridgehead atoms. The van der Waals surface area contributed by atoms with E-state index < -0.39 is 0 Å². The lowest BCUT2D eigenvalue weighted by atomic mass is 10.0. The van der Waals surface area contributed by atoms with Gasteiger partial charge in [-0.25, -0.2) is 4.68 Å². The van der Waals surface area contributed by atoms with Crippen LogP contribution in [0.15, 0.2) is 29.4 Å². The molecule has 2 unspecified atom stereocenters. The van der Waals surface area contributed by atoms with Gasteiger partial charge in [0.2, 0.25) is 5.16 Å². The largest absolute Gasteiger partial charge is 0.326 e. The van der Waals surface area contributed by atoms with Crippen LogP contribution in [-0.4, -0.2) is 26.2 Å². The number of aromatic nitrogens is 4. The summed E-state index contributed by atoms with van der Waals surface area (Å²) in [7, 11) is 1.81. The number of benzene rings is 1. The summed E-state index contributed by atoms with van der Waals surface area (Å²) >= 11 is 7.81. The summed E-state index contributed by atoms with van der Waals surface area (Å²) in [6, 6.07) is 7.74. The minimum absolute atomic E-state index is 0.0124. The Morgan fingerprint density at radius 3 is 2.74 bits per heavy atom. The van der Waals surface area contributed by atoms with Crippen LogP contribution in [0, 0.1) is 0 Å². The molecule has 1 heterocycles. The maximum Gasteiger partial charge on any atom is 0.209 e. The molecule has 2 aromatic rings.